The first-order valence-electron chi connectivity index (χ1n) is 4.93. The van der Waals surface area contributed by atoms with Crippen LogP contribution in [0.25, 0.3) is 0 Å². The van der Waals surface area contributed by atoms with Crippen molar-refractivity contribution >= 4 is 5.97 Å². The first-order valence-corrected chi connectivity index (χ1v) is 4.93. The van der Waals surface area contributed by atoms with Crippen LogP contribution in [-0.4, -0.2) is 23.3 Å². The summed E-state index contributed by atoms with van der Waals surface area (Å²) in [5.74, 6) is -4.67. The van der Waals surface area contributed by atoms with E-state index in [0.717, 1.165) is 7.11 Å². The molecule has 1 aliphatic carbocycles. The third kappa shape index (κ3) is 1.51. The largest absolute Gasteiger partial charge is 0.504 e. The number of carboxylic acid groups (broad SMARTS) is 1. The van der Waals surface area contributed by atoms with Gasteiger partial charge in [-0.3, -0.25) is 4.79 Å². The normalized spacial score (nSPS) is 16.6. The van der Waals surface area contributed by atoms with Crippen LogP contribution in [0.5, 0.6) is 11.5 Å². The van der Waals surface area contributed by atoms with E-state index in [0.29, 0.717) is 6.07 Å². The zero-order valence-electron chi connectivity index (χ0n) is 8.96. The first kappa shape index (κ1) is 11.6. The number of aliphatic carboxylic acids is 1. The van der Waals surface area contributed by atoms with Gasteiger partial charge in [-0.2, -0.15) is 0 Å². The minimum absolute atomic E-state index is 0.210. The fourth-order valence-corrected chi connectivity index (χ4v) is 1.93. The van der Waals surface area contributed by atoms with E-state index in [1.807, 2.05) is 0 Å². The van der Waals surface area contributed by atoms with Gasteiger partial charge in [0.1, 0.15) is 5.82 Å². The molecule has 1 aromatic carbocycles. The summed E-state index contributed by atoms with van der Waals surface area (Å²) in [5, 5.41) is 18.7. The molecule has 1 saturated carbocycles. The molecule has 0 saturated heterocycles. The lowest BCUT2D eigenvalue weighted by Gasteiger charge is -2.16. The Balaban J connectivity index is 2.66. The highest BCUT2D eigenvalue weighted by molar-refractivity contribution is 5.86. The zero-order valence-corrected chi connectivity index (χ0v) is 8.96. The molecule has 0 atom stereocenters. The fourth-order valence-electron chi connectivity index (χ4n) is 1.93. The number of carbonyl (C=O) groups is 1. The predicted octanol–water partition coefficient (Wildman–Crippen LogP) is 1.80. The van der Waals surface area contributed by atoms with Crippen LogP contribution in [0.15, 0.2) is 6.07 Å². The summed E-state index contributed by atoms with van der Waals surface area (Å²) in [4.78, 5) is 11.1. The highest BCUT2D eigenvalue weighted by atomic mass is 19.1. The molecule has 0 aliphatic heterocycles. The van der Waals surface area contributed by atoms with Gasteiger partial charge in [-0.05, 0) is 12.8 Å². The average Bonchev–Trinajstić information content (AvgIpc) is 2.98. The van der Waals surface area contributed by atoms with Gasteiger partial charge in [-0.15, -0.1) is 0 Å². The smallest absolute Gasteiger partial charge is 0.314 e. The summed E-state index contributed by atoms with van der Waals surface area (Å²) < 4.78 is 31.4. The van der Waals surface area contributed by atoms with Crippen LogP contribution < -0.4 is 4.74 Å². The van der Waals surface area contributed by atoms with Crippen LogP contribution in [0.3, 0.4) is 0 Å². The van der Waals surface area contributed by atoms with Crippen LogP contribution in [0.1, 0.15) is 18.4 Å². The molecule has 4 nitrogen and oxygen atoms in total. The summed E-state index contributed by atoms with van der Waals surface area (Å²) in [6.45, 7) is 0. The molecule has 17 heavy (non-hydrogen) atoms. The number of benzene rings is 1. The second-order valence-electron chi connectivity index (χ2n) is 3.98. The highest BCUT2D eigenvalue weighted by Gasteiger charge is 2.55. The molecule has 92 valence electrons. The van der Waals surface area contributed by atoms with Gasteiger partial charge in [0.2, 0.25) is 0 Å². The number of ether oxygens (including phenoxy) is 1. The number of methoxy groups -OCH3 is 1. The molecule has 0 amide bonds. The lowest BCUT2D eigenvalue weighted by atomic mass is 9.94. The van der Waals surface area contributed by atoms with E-state index in [4.69, 9.17) is 5.11 Å². The minimum Gasteiger partial charge on any atom is -0.504 e. The third-order valence-corrected chi connectivity index (χ3v) is 3.00. The monoisotopic (exact) mass is 244 g/mol. The van der Waals surface area contributed by atoms with E-state index in [1.165, 1.54) is 0 Å². The van der Waals surface area contributed by atoms with Crippen molar-refractivity contribution in [2.45, 2.75) is 18.3 Å². The van der Waals surface area contributed by atoms with Gasteiger partial charge in [0.05, 0.1) is 18.1 Å². The Hall–Kier alpha value is -1.85. The maximum Gasteiger partial charge on any atom is 0.314 e. The zero-order chi connectivity index (χ0) is 12.8. The molecule has 6 heteroatoms. The molecule has 0 unspecified atom stereocenters. The van der Waals surface area contributed by atoms with Gasteiger partial charge in [0, 0.05) is 6.07 Å². The molecule has 1 aliphatic rings. The van der Waals surface area contributed by atoms with E-state index in [1.54, 1.807) is 0 Å². The van der Waals surface area contributed by atoms with Gasteiger partial charge in [0.15, 0.2) is 17.3 Å². The fraction of sp³-hybridized carbons (Fsp3) is 0.364. The number of aromatic hydroxyl groups is 1. The Kier molecular flexibility index (Phi) is 2.45. The molecule has 2 rings (SSSR count). The first-order chi connectivity index (χ1) is 7.94. The minimum atomic E-state index is -1.45. The van der Waals surface area contributed by atoms with Crippen molar-refractivity contribution in [3.8, 4) is 11.5 Å². The molecule has 0 radical (unpaired) electrons. The number of carboxylic acids is 1. The van der Waals surface area contributed by atoms with Crippen molar-refractivity contribution in [2.24, 2.45) is 0 Å². The van der Waals surface area contributed by atoms with Crippen LogP contribution in [-0.2, 0) is 10.2 Å². The van der Waals surface area contributed by atoms with E-state index in [9.17, 15) is 18.7 Å². The van der Waals surface area contributed by atoms with Gasteiger partial charge in [0.25, 0.3) is 0 Å². The Morgan fingerprint density at radius 2 is 2.00 bits per heavy atom. The van der Waals surface area contributed by atoms with Crippen molar-refractivity contribution in [1.82, 2.24) is 0 Å². The maximum absolute atomic E-state index is 13.6. The second-order valence-corrected chi connectivity index (χ2v) is 3.98. The number of halogens is 2. The topological polar surface area (TPSA) is 66.8 Å². The maximum atomic E-state index is 13.6. The Bertz CT molecular complexity index is 495. The third-order valence-electron chi connectivity index (χ3n) is 3.00. The van der Waals surface area contributed by atoms with Crippen LogP contribution in [0, 0.1) is 11.6 Å². The predicted molar refractivity (Wildman–Crippen MR) is 53.1 cm³/mol. The molecule has 0 heterocycles. The van der Waals surface area contributed by atoms with Crippen LogP contribution >= 0.6 is 0 Å². The number of hydrogen-bond acceptors (Lipinski definition) is 3. The van der Waals surface area contributed by atoms with Gasteiger partial charge in [-0.25, -0.2) is 8.78 Å². The molecular formula is C11H10F2O4. The van der Waals surface area contributed by atoms with Crippen molar-refractivity contribution in [3.63, 3.8) is 0 Å². The number of phenols is 1. The van der Waals surface area contributed by atoms with Crippen molar-refractivity contribution < 1.29 is 28.5 Å². The van der Waals surface area contributed by atoms with Gasteiger partial charge >= 0.3 is 5.97 Å². The lowest BCUT2D eigenvalue weighted by Crippen LogP contribution is -2.21. The summed E-state index contributed by atoms with van der Waals surface area (Å²) in [6, 6.07) is 0.525. The second kappa shape index (κ2) is 3.58. The van der Waals surface area contributed by atoms with Gasteiger partial charge in [-0.1, -0.05) is 0 Å². The lowest BCUT2D eigenvalue weighted by molar-refractivity contribution is -0.140. The van der Waals surface area contributed by atoms with Crippen LogP contribution in [0.2, 0.25) is 0 Å². The Morgan fingerprint density at radius 3 is 2.41 bits per heavy atom. The quantitative estimate of drug-likeness (QED) is 0.850. The average molecular weight is 244 g/mol. The number of phenolic OH excluding ortho intramolecular Hbond substituents is 1. The standard InChI is InChI=1S/C11H10F2O4/c1-17-9-6(13)4-5(12)7(8(9)14)11(2-3-11)10(15)16/h4,14H,2-3H2,1H3,(H,15,16). The highest BCUT2D eigenvalue weighted by Crippen LogP contribution is 2.54. The summed E-state index contributed by atoms with van der Waals surface area (Å²) in [6.07, 6.45) is 0.420. The molecular weight excluding hydrogens is 234 g/mol. The van der Waals surface area contributed by atoms with Crippen molar-refractivity contribution in [3.05, 3.63) is 23.3 Å². The Labute approximate surface area is 95.4 Å². The molecule has 1 fully saturated rings. The molecule has 2 N–H and O–H groups in total. The van der Waals surface area contributed by atoms with E-state index < -0.39 is 40.1 Å². The van der Waals surface area contributed by atoms with Crippen LogP contribution in [0.4, 0.5) is 8.78 Å². The summed E-state index contributed by atoms with van der Waals surface area (Å²) in [5.41, 5.74) is -1.85. The van der Waals surface area contributed by atoms with E-state index in [2.05, 4.69) is 4.74 Å². The van der Waals surface area contributed by atoms with E-state index in [-0.39, 0.29) is 12.8 Å². The Morgan fingerprint density at radius 1 is 1.41 bits per heavy atom. The van der Waals surface area contributed by atoms with Crippen molar-refractivity contribution in [1.29, 1.82) is 0 Å². The molecule has 0 bridgehead atoms. The van der Waals surface area contributed by atoms with Gasteiger partial charge < -0.3 is 14.9 Å². The number of rotatable bonds is 3. The van der Waals surface area contributed by atoms with Crippen molar-refractivity contribution in [2.75, 3.05) is 7.11 Å². The number of hydrogen-bond donors (Lipinski definition) is 2. The summed E-state index contributed by atoms with van der Waals surface area (Å²) in [7, 11) is 1.11. The molecule has 1 aromatic rings. The van der Waals surface area contributed by atoms with E-state index >= 15 is 0 Å². The SMILES string of the molecule is COc1c(F)cc(F)c(C2(C(=O)O)CC2)c1O. The summed E-state index contributed by atoms with van der Waals surface area (Å²) >= 11 is 0. The molecule has 0 aromatic heterocycles. The molecule has 0 spiro atoms.